The van der Waals surface area contributed by atoms with Crippen LogP contribution in [0, 0.1) is 0 Å². The number of ether oxygens (including phenoxy) is 3. The van der Waals surface area contributed by atoms with Crippen molar-refractivity contribution >= 4 is 5.97 Å². The summed E-state index contributed by atoms with van der Waals surface area (Å²) in [5.74, 6) is 0.820. The van der Waals surface area contributed by atoms with Crippen molar-refractivity contribution in [2.24, 2.45) is 0 Å². The molecule has 144 valence electrons. The highest BCUT2D eigenvalue weighted by molar-refractivity contribution is 5.89. The number of rotatable bonds is 7. The number of aromatic nitrogens is 1. The second-order valence-corrected chi connectivity index (χ2v) is 6.60. The van der Waals surface area contributed by atoms with Gasteiger partial charge < -0.3 is 18.7 Å². The Morgan fingerprint density at radius 3 is 2.82 bits per heavy atom. The average molecular weight is 379 g/mol. The zero-order chi connectivity index (χ0) is 19.2. The summed E-state index contributed by atoms with van der Waals surface area (Å²) in [5.41, 5.74) is 1.90. The molecule has 2 heterocycles. The van der Waals surface area contributed by atoms with Gasteiger partial charge in [-0.3, -0.25) is 0 Å². The molecule has 0 N–H and O–H groups in total. The predicted molar refractivity (Wildman–Crippen MR) is 102 cm³/mol. The topological polar surface area (TPSA) is 70.8 Å². The van der Waals surface area contributed by atoms with Crippen LogP contribution in [-0.2, 0) is 16.1 Å². The maximum atomic E-state index is 12.3. The van der Waals surface area contributed by atoms with Crippen LogP contribution < -0.4 is 4.74 Å². The van der Waals surface area contributed by atoms with Crippen LogP contribution in [0.5, 0.6) is 5.75 Å². The van der Waals surface area contributed by atoms with Crippen LogP contribution in [0.3, 0.4) is 0 Å². The van der Waals surface area contributed by atoms with Gasteiger partial charge in [0, 0.05) is 18.2 Å². The molecule has 1 fully saturated rings. The van der Waals surface area contributed by atoms with Gasteiger partial charge in [0.15, 0.2) is 5.76 Å². The van der Waals surface area contributed by atoms with Crippen LogP contribution in [0.15, 0.2) is 65.2 Å². The molecule has 3 aromatic rings. The number of hydrogen-bond acceptors (Lipinski definition) is 6. The molecule has 0 amide bonds. The molecule has 0 saturated carbocycles. The molecule has 4 rings (SSSR count). The molecule has 6 nitrogen and oxygen atoms in total. The van der Waals surface area contributed by atoms with Crippen molar-refractivity contribution in [1.29, 1.82) is 0 Å². The molecule has 1 aliphatic heterocycles. The largest absolute Gasteiger partial charge is 0.491 e. The molecule has 1 aromatic heterocycles. The number of carbonyl (C=O) groups is 1. The van der Waals surface area contributed by atoms with Gasteiger partial charge >= 0.3 is 5.97 Å². The van der Waals surface area contributed by atoms with E-state index in [0.717, 1.165) is 25.0 Å². The lowest BCUT2D eigenvalue weighted by molar-refractivity contribution is 0.0463. The molecule has 0 radical (unpaired) electrons. The smallest absolute Gasteiger partial charge is 0.338 e. The Morgan fingerprint density at radius 2 is 2.00 bits per heavy atom. The fourth-order valence-corrected chi connectivity index (χ4v) is 3.02. The van der Waals surface area contributed by atoms with Gasteiger partial charge in [-0.15, -0.1) is 0 Å². The number of benzene rings is 2. The highest BCUT2D eigenvalue weighted by Gasteiger charge is 2.17. The molecule has 0 bridgehead atoms. The van der Waals surface area contributed by atoms with E-state index in [1.165, 1.54) is 0 Å². The lowest BCUT2D eigenvalue weighted by Crippen LogP contribution is -2.16. The Labute approximate surface area is 163 Å². The first-order chi connectivity index (χ1) is 13.8. The number of hydrogen-bond donors (Lipinski definition) is 0. The van der Waals surface area contributed by atoms with Crippen molar-refractivity contribution in [2.45, 2.75) is 25.6 Å². The summed E-state index contributed by atoms with van der Waals surface area (Å²) < 4.78 is 21.9. The van der Waals surface area contributed by atoms with E-state index in [0.29, 0.717) is 29.4 Å². The first-order valence-electron chi connectivity index (χ1n) is 9.30. The quantitative estimate of drug-likeness (QED) is 0.572. The van der Waals surface area contributed by atoms with Gasteiger partial charge in [-0.2, -0.15) is 0 Å². The summed E-state index contributed by atoms with van der Waals surface area (Å²) in [7, 11) is 0. The van der Waals surface area contributed by atoms with Crippen LogP contribution in [0.25, 0.3) is 11.3 Å². The van der Waals surface area contributed by atoms with E-state index in [1.807, 2.05) is 36.4 Å². The number of nitrogens with zero attached hydrogens (tertiary/aromatic N) is 1. The van der Waals surface area contributed by atoms with Crippen molar-refractivity contribution < 1.29 is 23.5 Å². The minimum Gasteiger partial charge on any atom is -0.491 e. The first kappa shape index (κ1) is 18.3. The lowest BCUT2D eigenvalue weighted by Gasteiger charge is -2.12. The third kappa shape index (κ3) is 4.58. The SMILES string of the molecule is O=C(OCc1cc(-c2ccccc2)on1)c1cccc(OC[C@@H]2CCCO2)c1. The van der Waals surface area contributed by atoms with Gasteiger partial charge in [0.25, 0.3) is 0 Å². The molecule has 0 spiro atoms. The fraction of sp³-hybridized carbons (Fsp3) is 0.273. The highest BCUT2D eigenvalue weighted by atomic mass is 16.5. The standard InChI is InChI=1S/C22H21NO5/c24-22(17-8-4-9-19(12-17)26-15-20-10-5-11-25-20)27-14-18-13-21(28-23-18)16-6-2-1-3-7-16/h1-4,6-9,12-13,20H,5,10-11,14-15H2/t20-/m0/s1. The number of esters is 1. The van der Waals surface area contributed by atoms with Gasteiger partial charge in [0.05, 0.1) is 11.7 Å². The Bertz CT molecular complexity index is 915. The Kier molecular flexibility index (Phi) is 5.68. The van der Waals surface area contributed by atoms with Crippen LogP contribution in [0.2, 0.25) is 0 Å². The van der Waals surface area contributed by atoms with Gasteiger partial charge in [0.1, 0.15) is 24.7 Å². The molecular formula is C22H21NO5. The molecule has 2 aromatic carbocycles. The van der Waals surface area contributed by atoms with E-state index in [9.17, 15) is 4.79 Å². The molecule has 1 aliphatic rings. The summed E-state index contributed by atoms with van der Waals surface area (Å²) >= 11 is 0. The summed E-state index contributed by atoms with van der Waals surface area (Å²) in [5, 5.41) is 3.96. The van der Waals surface area contributed by atoms with Gasteiger partial charge in [0.2, 0.25) is 0 Å². The maximum absolute atomic E-state index is 12.3. The summed E-state index contributed by atoms with van der Waals surface area (Å²) in [6.45, 7) is 1.31. The number of carbonyl (C=O) groups excluding carboxylic acids is 1. The van der Waals surface area contributed by atoms with Crippen LogP contribution in [-0.4, -0.2) is 30.4 Å². The zero-order valence-electron chi connectivity index (χ0n) is 15.4. The van der Waals surface area contributed by atoms with E-state index in [2.05, 4.69) is 5.16 Å². The van der Waals surface area contributed by atoms with Crippen LogP contribution >= 0.6 is 0 Å². The summed E-state index contributed by atoms with van der Waals surface area (Å²) in [4.78, 5) is 12.3. The van der Waals surface area contributed by atoms with E-state index >= 15 is 0 Å². The van der Waals surface area contributed by atoms with E-state index in [4.69, 9.17) is 18.7 Å². The molecular weight excluding hydrogens is 358 g/mol. The van der Waals surface area contributed by atoms with E-state index in [-0.39, 0.29) is 12.7 Å². The third-order valence-electron chi connectivity index (χ3n) is 4.50. The maximum Gasteiger partial charge on any atom is 0.338 e. The van der Waals surface area contributed by atoms with Gasteiger partial charge in [-0.1, -0.05) is 41.6 Å². The second kappa shape index (κ2) is 8.71. The van der Waals surface area contributed by atoms with Gasteiger partial charge in [-0.25, -0.2) is 4.79 Å². The molecule has 6 heteroatoms. The summed E-state index contributed by atoms with van der Waals surface area (Å²) in [6.07, 6.45) is 2.19. The minimum atomic E-state index is -0.438. The van der Waals surface area contributed by atoms with Crippen molar-refractivity contribution in [3.05, 3.63) is 71.9 Å². The van der Waals surface area contributed by atoms with Crippen LogP contribution in [0.4, 0.5) is 0 Å². The summed E-state index contributed by atoms with van der Waals surface area (Å²) in [6, 6.07) is 18.4. The fourth-order valence-electron chi connectivity index (χ4n) is 3.02. The average Bonchev–Trinajstić information content (AvgIpc) is 3.43. The molecule has 1 atom stereocenters. The van der Waals surface area contributed by atoms with Gasteiger partial charge in [-0.05, 0) is 31.0 Å². The first-order valence-corrected chi connectivity index (χ1v) is 9.30. The van der Waals surface area contributed by atoms with E-state index in [1.54, 1.807) is 24.3 Å². The van der Waals surface area contributed by atoms with Crippen molar-refractivity contribution in [2.75, 3.05) is 13.2 Å². The predicted octanol–water partition coefficient (Wildman–Crippen LogP) is 4.26. The highest BCUT2D eigenvalue weighted by Crippen LogP contribution is 2.21. The normalized spacial score (nSPS) is 16.1. The molecule has 0 aliphatic carbocycles. The molecule has 0 unspecified atom stereocenters. The molecule has 1 saturated heterocycles. The molecule has 28 heavy (non-hydrogen) atoms. The van der Waals surface area contributed by atoms with E-state index < -0.39 is 5.97 Å². The van der Waals surface area contributed by atoms with Crippen molar-refractivity contribution in [1.82, 2.24) is 5.16 Å². The second-order valence-electron chi connectivity index (χ2n) is 6.60. The Balaban J connectivity index is 1.32. The zero-order valence-corrected chi connectivity index (χ0v) is 15.4. The van der Waals surface area contributed by atoms with Crippen molar-refractivity contribution in [3.63, 3.8) is 0 Å². The Hall–Kier alpha value is -3.12. The Morgan fingerprint density at radius 1 is 1.11 bits per heavy atom. The minimum absolute atomic E-state index is 0.0379. The third-order valence-corrected chi connectivity index (χ3v) is 4.50. The van der Waals surface area contributed by atoms with Crippen LogP contribution in [0.1, 0.15) is 28.9 Å². The lowest BCUT2D eigenvalue weighted by atomic mass is 10.2. The van der Waals surface area contributed by atoms with Crippen molar-refractivity contribution in [3.8, 4) is 17.1 Å². The monoisotopic (exact) mass is 379 g/mol.